The molecule has 2 aromatic rings. The van der Waals surface area contributed by atoms with Crippen molar-refractivity contribution < 1.29 is 0 Å². The van der Waals surface area contributed by atoms with Crippen LogP contribution in [0.15, 0.2) is 23.8 Å². The number of hydrogen-bond donors (Lipinski definition) is 3. The average molecular weight is 208 g/mol. The van der Waals surface area contributed by atoms with Crippen molar-refractivity contribution in [3.63, 3.8) is 0 Å². The first-order valence-corrected chi connectivity index (χ1v) is 5.25. The number of nitrogens with one attached hydrogen (secondary N) is 2. The SMILES string of the molecule is Nc1ccsc1CNCc1ncc[nH]1. The number of aromatic nitrogens is 2. The molecule has 0 bridgehead atoms. The van der Waals surface area contributed by atoms with E-state index in [0.717, 1.165) is 24.6 Å². The number of nitrogen functional groups attached to an aromatic ring is 1. The van der Waals surface area contributed by atoms with Crippen molar-refractivity contribution in [3.05, 3.63) is 34.5 Å². The topological polar surface area (TPSA) is 66.7 Å². The molecule has 2 aromatic heterocycles. The molecule has 14 heavy (non-hydrogen) atoms. The number of hydrogen-bond acceptors (Lipinski definition) is 4. The molecule has 4 nitrogen and oxygen atoms in total. The smallest absolute Gasteiger partial charge is 0.120 e. The van der Waals surface area contributed by atoms with Crippen molar-refractivity contribution in [2.45, 2.75) is 13.1 Å². The van der Waals surface area contributed by atoms with Gasteiger partial charge in [-0.3, -0.25) is 0 Å². The summed E-state index contributed by atoms with van der Waals surface area (Å²) in [6.07, 6.45) is 3.56. The maximum atomic E-state index is 5.75. The second-order valence-electron chi connectivity index (χ2n) is 2.94. The second-order valence-corrected chi connectivity index (χ2v) is 3.94. The maximum absolute atomic E-state index is 5.75. The van der Waals surface area contributed by atoms with Crippen molar-refractivity contribution in [2.75, 3.05) is 5.73 Å². The number of H-pyrrole nitrogens is 1. The van der Waals surface area contributed by atoms with Gasteiger partial charge in [-0.25, -0.2) is 4.98 Å². The Labute approximate surface area is 86.2 Å². The fourth-order valence-electron chi connectivity index (χ4n) is 1.18. The van der Waals surface area contributed by atoms with E-state index in [4.69, 9.17) is 5.73 Å². The largest absolute Gasteiger partial charge is 0.398 e. The highest BCUT2D eigenvalue weighted by Gasteiger charge is 2.00. The van der Waals surface area contributed by atoms with Gasteiger partial charge in [0.2, 0.25) is 0 Å². The number of anilines is 1. The standard InChI is InChI=1S/C9H12N4S/c10-7-1-4-14-8(7)5-11-6-9-12-2-3-13-9/h1-4,11H,5-6,10H2,(H,12,13). The summed E-state index contributed by atoms with van der Waals surface area (Å²) >= 11 is 1.67. The molecular weight excluding hydrogens is 196 g/mol. The molecule has 2 rings (SSSR count). The highest BCUT2D eigenvalue weighted by molar-refractivity contribution is 7.10. The van der Waals surface area contributed by atoms with E-state index in [2.05, 4.69) is 15.3 Å². The fourth-order valence-corrected chi connectivity index (χ4v) is 1.95. The molecule has 4 N–H and O–H groups in total. The maximum Gasteiger partial charge on any atom is 0.120 e. The van der Waals surface area contributed by atoms with Gasteiger partial charge in [-0.05, 0) is 11.4 Å². The van der Waals surface area contributed by atoms with Gasteiger partial charge < -0.3 is 16.0 Å². The molecule has 2 heterocycles. The molecule has 0 unspecified atom stereocenters. The van der Waals surface area contributed by atoms with Crippen molar-refractivity contribution in [1.82, 2.24) is 15.3 Å². The second kappa shape index (κ2) is 4.26. The zero-order valence-corrected chi connectivity index (χ0v) is 8.47. The van der Waals surface area contributed by atoms with Crippen LogP contribution in [0.5, 0.6) is 0 Å². The Morgan fingerprint density at radius 1 is 1.50 bits per heavy atom. The molecule has 0 radical (unpaired) electrons. The number of aromatic amines is 1. The van der Waals surface area contributed by atoms with E-state index in [1.54, 1.807) is 17.5 Å². The number of thiophene rings is 1. The Balaban J connectivity index is 1.81. The third-order valence-electron chi connectivity index (χ3n) is 1.91. The number of rotatable bonds is 4. The summed E-state index contributed by atoms with van der Waals surface area (Å²) in [4.78, 5) is 8.32. The first-order valence-electron chi connectivity index (χ1n) is 4.37. The lowest BCUT2D eigenvalue weighted by Crippen LogP contribution is -2.13. The number of nitrogens with two attached hydrogens (primary N) is 1. The predicted octanol–water partition coefficient (Wildman–Crippen LogP) is 1.34. The van der Waals surface area contributed by atoms with E-state index >= 15 is 0 Å². The summed E-state index contributed by atoms with van der Waals surface area (Å²) in [5.74, 6) is 0.945. The molecule has 0 aliphatic heterocycles. The van der Waals surface area contributed by atoms with E-state index in [1.165, 1.54) is 4.88 Å². The Morgan fingerprint density at radius 3 is 3.07 bits per heavy atom. The lowest BCUT2D eigenvalue weighted by molar-refractivity contribution is 0.676. The molecule has 0 fully saturated rings. The van der Waals surface area contributed by atoms with Crippen LogP contribution in [-0.2, 0) is 13.1 Å². The molecular formula is C9H12N4S. The zero-order valence-electron chi connectivity index (χ0n) is 7.66. The summed E-state index contributed by atoms with van der Waals surface area (Å²) in [5, 5.41) is 5.27. The summed E-state index contributed by atoms with van der Waals surface area (Å²) in [7, 11) is 0. The Hall–Kier alpha value is -1.33. The van der Waals surface area contributed by atoms with Crippen molar-refractivity contribution in [2.24, 2.45) is 0 Å². The van der Waals surface area contributed by atoms with E-state index in [9.17, 15) is 0 Å². The van der Waals surface area contributed by atoms with Gasteiger partial charge in [0, 0.05) is 29.5 Å². The van der Waals surface area contributed by atoms with Gasteiger partial charge in [0.05, 0.1) is 6.54 Å². The van der Waals surface area contributed by atoms with E-state index in [0.29, 0.717) is 0 Å². The monoisotopic (exact) mass is 208 g/mol. The highest BCUT2D eigenvalue weighted by atomic mass is 32.1. The van der Waals surface area contributed by atoms with Gasteiger partial charge in [-0.2, -0.15) is 0 Å². The van der Waals surface area contributed by atoms with Gasteiger partial charge in [-0.15, -0.1) is 11.3 Å². The van der Waals surface area contributed by atoms with Crippen LogP contribution in [0, 0.1) is 0 Å². The summed E-state index contributed by atoms with van der Waals surface area (Å²) in [6.45, 7) is 1.54. The molecule has 0 saturated carbocycles. The minimum Gasteiger partial charge on any atom is -0.398 e. The molecule has 0 atom stereocenters. The first kappa shape index (κ1) is 9.23. The number of imidazole rings is 1. The van der Waals surface area contributed by atoms with Crippen molar-refractivity contribution in [3.8, 4) is 0 Å². The van der Waals surface area contributed by atoms with Gasteiger partial charge in [0.1, 0.15) is 5.82 Å². The molecule has 0 aliphatic carbocycles. The summed E-state index contributed by atoms with van der Waals surface area (Å²) in [5.41, 5.74) is 6.61. The average Bonchev–Trinajstić information content (AvgIpc) is 2.78. The quantitative estimate of drug-likeness (QED) is 0.710. The third-order valence-corrected chi connectivity index (χ3v) is 2.85. The minimum atomic E-state index is 0.740. The Bertz CT molecular complexity index is 379. The van der Waals surface area contributed by atoms with Crippen LogP contribution >= 0.6 is 11.3 Å². The van der Waals surface area contributed by atoms with E-state index in [-0.39, 0.29) is 0 Å². The summed E-state index contributed by atoms with van der Waals surface area (Å²) < 4.78 is 0. The van der Waals surface area contributed by atoms with Crippen molar-refractivity contribution >= 4 is 17.0 Å². The van der Waals surface area contributed by atoms with E-state index in [1.807, 2.05) is 17.6 Å². The Kier molecular flexibility index (Phi) is 2.81. The molecule has 0 spiro atoms. The zero-order chi connectivity index (χ0) is 9.80. The van der Waals surface area contributed by atoms with Gasteiger partial charge in [0.25, 0.3) is 0 Å². The van der Waals surface area contributed by atoms with Crippen LogP contribution in [0.1, 0.15) is 10.7 Å². The molecule has 5 heteroatoms. The van der Waals surface area contributed by atoms with Gasteiger partial charge in [0.15, 0.2) is 0 Å². The Morgan fingerprint density at radius 2 is 2.43 bits per heavy atom. The molecule has 0 amide bonds. The number of nitrogens with zero attached hydrogens (tertiary/aromatic N) is 1. The first-order chi connectivity index (χ1) is 6.86. The normalized spacial score (nSPS) is 10.6. The molecule has 74 valence electrons. The fraction of sp³-hybridized carbons (Fsp3) is 0.222. The lowest BCUT2D eigenvalue weighted by Gasteiger charge is -2.01. The summed E-state index contributed by atoms with van der Waals surface area (Å²) in [6, 6.07) is 1.93. The highest BCUT2D eigenvalue weighted by Crippen LogP contribution is 2.17. The third kappa shape index (κ3) is 2.12. The van der Waals surface area contributed by atoms with Crippen LogP contribution in [-0.4, -0.2) is 9.97 Å². The van der Waals surface area contributed by atoms with Crippen LogP contribution < -0.4 is 11.1 Å². The van der Waals surface area contributed by atoms with Crippen LogP contribution in [0.4, 0.5) is 5.69 Å². The predicted molar refractivity (Wildman–Crippen MR) is 57.9 cm³/mol. The van der Waals surface area contributed by atoms with Crippen LogP contribution in [0.3, 0.4) is 0 Å². The molecule has 0 aliphatic rings. The van der Waals surface area contributed by atoms with Gasteiger partial charge in [-0.1, -0.05) is 0 Å². The molecule has 0 aromatic carbocycles. The van der Waals surface area contributed by atoms with E-state index < -0.39 is 0 Å². The van der Waals surface area contributed by atoms with Gasteiger partial charge >= 0.3 is 0 Å². The minimum absolute atomic E-state index is 0.740. The molecule has 0 saturated heterocycles. The lowest BCUT2D eigenvalue weighted by atomic mass is 10.4. The van der Waals surface area contributed by atoms with Crippen molar-refractivity contribution in [1.29, 1.82) is 0 Å². The van der Waals surface area contributed by atoms with Crippen LogP contribution in [0.2, 0.25) is 0 Å². The van der Waals surface area contributed by atoms with Crippen LogP contribution in [0.25, 0.3) is 0 Å².